The lowest BCUT2D eigenvalue weighted by molar-refractivity contribution is 0.162. The Morgan fingerprint density at radius 2 is 1.87 bits per heavy atom. The van der Waals surface area contributed by atoms with Crippen molar-refractivity contribution in [3.8, 4) is 5.75 Å². The predicted molar refractivity (Wildman–Crippen MR) is 104 cm³/mol. The summed E-state index contributed by atoms with van der Waals surface area (Å²) in [7, 11) is 1.75. The minimum Gasteiger partial charge on any atom is -0.496 e. The molecule has 0 radical (unpaired) electrons. The molecule has 0 aliphatic carbocycles. The Labute approximate surface area is 154 Å². The molecule has 1 fully saturated rings. The van der Waals surface area contributed by atoms with Crippen molar-refractivity contribution in [3.63, 3.8) is 0 Å². The van der Waals surface area contributed by atoms with Gasteiger partial charge in [0.2, 0.25) is 0 Å². The largest absolute Gasteiger partial charge is 0.496 e. The summed E-state index contributed by atoms with van der Waals surface area (Å²) >= 11 is 0. The number of piperazine rings is 1. The first kappa shape index (κ1) is 22.5. The standard InChI is InChI=1S/C18H30N2O.2ClH/c1-4-5-6-7-17(20-12-10-19-11-13-20)16-8-9-18(21-3)15(2)14-16;;/h8-9,14,17,19H,4-7,10-13H2,1-3H3;2*1H/t17-;;/m0../s1. The number of methoxy groups -OCH3 is 1. The molecule has 1 aromatic carbocycles. The average molecular weight is 363 g/mol. The molecule has 134 valence electrons. The van der Waals surface area contributed by atoms with Gasteiger partial charge in [0.25, 0.3) is 0 Å². The van der Waals surface area contributed by atoms with Crippen molar-refractivity contribution in [1.29, 1.82) is 0 Å². The molecule has 1 aliphatic heterocycles. The number of unbranched alkanes of at least 4 members (excludes halogenated alkanes) is 2. The van der Waals surface area contributed by atoms with Gasteiger partial charge in [-0.05, 0) is 30.5 Å². The first-order chi connectivity index (χ1) is 10.3. The Morgan fingerprint density at radius 3 is 2.43 bits per heavy atom. The number of nitrogens with zero attached hydrogens (tertiary/aromatic N) is 1. The molecule has 0 saturated carbocycles. The maximum atomic E-state index is 5.40. The minimum absolute atomic E-state index is 0. The minimum atomic E-state index is 0. The van der Waals surface area contributed by atoms with Gasteiger partial charge in [-0.3, -0.25) is 4.90 Å². The second kappa shape index (κ2) is 12.0. The Bertz CT molecular complexity index is 437. The molecule has 0 amide bonds. The van der Waals surface area contributed by atoms with Crippen molar-refractivity contribution in [2.45, 2.75) is 45.6 Å². The van der Waals surface area contributed by atoms with Crippen LogP contribution in [0.15, 0.2) is 18.2 Å². The molecule has 2 rings (SSSR count). The van der Waals surface area contributed by atoms with E-state index in [0.29, 0.717) is 6.04 Å². The maximum absolute atomic E-state index is 5.40. The van der Waals surface area contributed by atoms with Gasteiger partial charge in [0.15, 0.2) is 0 Å². The zero-order valence-corrected chi connectivity index (χ0v) is 16.3. The summed E-state index contributed by atoms with van der Waals surface area (Å²) in [4.78, 5) is 2.65. The molecule has 3 nitrogen and oxygen atoms in total. The van der Waals surface area contributed by atoms with E-state index in [-0.39, 0.29) is 24.8 Å². The summed E-state index contributed by atoms with van der Waals surface area (Å²) in [6.07, 6.45) is 5.20. The third-order valence-electron chi connectivity index (χ3n) is 4.48. The molecule has 23 heavy (non-hydrogen) atoms. The Kier molecular flexibility index (Phi) is 11.7. The van der Waals surface area contributed by atoms with Crippen molar-refractivity contribution in [3.05, 3.63) is 29.3 Å². The van der Waals surface area contributed by atoms with E-state index in [9.17, 15) is 0 Å². The second-order valence-corrected chi connectivity index (χ2v) is 6.03. The van der Waals surface area contributed by atoms with Crippen LogP contribution in [0.1, 0.15) is 49.8 Å². The summed E-state index contributed by atoms with van der Waals surface area (Å²) in [5, 5.41) is 3.46. The van der Waals surface area contributed by atoms with Gasteiger partial charge in [-0.1, -0.05) is 38.3 Å². The number of aryl methyl sites for hydroxylation is 1. The van der Waals surface area contributed by atoms with E-state index in [1.807, 2.05) is 0 Å². The molecule has 1 saturated heterocycles. The zero-order valence-electron chi connectivity index (χ0n) is 14.6. The molecule has 1 atom stereocenters. The van der Waals surface area contributed by atoms with Gasteiger partial charge in [0.1, 0.15) is 5.75 Å². The number of ether oxygens (including phenoxy) is 1. The highest BCUT2D eigenvalue weighted by atomic mass is 35.5. The summed E-state index contributed by atoms with van der Waals surface area (Å²) in [5.74, 6) is 0.992. The zero-order chi connectivity index (χ0) is 15.1. The highest BCUT2D eigenvalue weighted by molar-refractivity contribution is 5.85. The van der Waals surface area contributed by atoms with Gasteiger partial charge >= 0.3 is 0 Å². The van der Waals surface area contributed by atoms with Crippen LogP contribution < -0.4 is 10.1 Å². The fraction of sp³-hybridized carbons (Fsp3) is 0.667. The topological polar surface area (TPSA) is 24.5 Å². The van der Waals surface area contributed by atoms with E-state index < -0.39 is 0 Å². The fourth-order valence-electron chi connectivity index (χ4n) is 3.25. The summed E-state index contributed by atoms with van der Waals surface area (Å²) in [6.45, 7) is 8.95. The Balaban J connectivity index is 0.00000242. The SMILES string of the molecule is CCCCC[C@@H](c1ccc(OC)c(C)c1)N1CCNCC1.Cl.Cl. The Hall–Kier alpha value is -0.480. The number of rotatable bonds is 7. The van der Waals surface area contributed by atoms with Gasteiger partial charge in [0.05, 0.1) is 7.11 Å². The third kappa shape index (κ3) is 6.50. The van der Waals surface area contributed by atoms with E-state index in [1.165, 1.54) is 36.8 Å². The lowest BCUT2D eigenvalue weighted by atomic mass is 9.96. The van der Waals surface area contributed by atoms with Crippen LogP contribution in [0.5, 0.6) is 5.75 Å². The molecule has 1 heterocycles. The molecular weight excluding hydrogens is 331 g/mol. The molecule has 0 aromatic heterocycles. The van der Waals surface area contributed by atoms with E-state index in [1.54, 1.807) is 7.11 Å². The molecule has 1 aliphatic rings. The first-order valence-corrected chi connectivity index (χ1v) is 8.35. The maximum Gasteiger partial charge on any atom is 0.121 e. The molecule has 1 aromatic rings. The van der Waals surface area contributed by atoms with Crippen LogP contribution in [0.3, 0.4) is 0 Å². The summed E-state index contributed by atoms with van der Waals surface area (Å²) in [5.41, 5.74) is 2.69. The third-order valence-corrected chi connectivity index (χ3v) is 4.48. The quantitative estimate of drug-likeness (QED) is 0.728. The number of benzene rings is 1. The van der Waals surface area contributed by atoms with Crippen LogP contribution in [0.2, 0.25) is 0 Å². The summed E-state index contributed by atoms with van der Waals surface area (Å²) < 4.78 is 5.40. The van der Waals surface area contributed by atoms with E-state index in [4.69, 9.17) is 4.74 Å². The van der Waals surface area contributed by atoms with Crippen molar-refractivity contribution in [1.82, 2.24) is 10.2 Å². The monoisotopic (exact) mass is 362 g/mol. The number of nitrogens with one attached hydrogen (secondary N) is 1. The Morgan fingerprint density at radius 1 is 1.17 bits per heavy atom. The van der Waals surface area contributed by atoms with Crippen molar-refractivity contribution >= 4 is 24.8 Å². The molecule has 0 unspecified atom stereocenters. The van der Waals surface area contributed by atoms with Crippen LogP contribution in [0.4, 0.5) is 0 Å². The van der Waals surface area contributed by atoms with Crippen LogP contribution in [0, 0.1) is 6.92 Å². The molecule has 1 N–H and O–H groups in total. The van der Waals surface area contributed by atoms with Gasteiger partial charge in [-0.15, -0.1) is 24.8 Å². The number of hydrogen-bond donors (Lipinski definition) is 1. The normalized spacial score (nSPS) is 16.1. The van der Waals surface area contributed by atoms with Crippen LogP contribution in [-0.2, 0) is 0 Å². The van der Waals surface area contributed by atoms with Crippen molar-refractivity contribution < 1.29 is 4.74 Å². The molecule has 0 bridgehead atoms. The van der Waals surface area contributed by atoms with Crippen molar-refractivity contribution in [2.75, 3.05) is 33.3 Å². The van der Waals surface area contributed by atoms with Crippen molar-refractivity contribution in [2.24, 2.45) is 0 Å². The van der Waals surface area contributed by atoms with Gasteiger partial charge < -0.3 is 10.1 Å². The van der Waals surface area contributed by atoms with Gasteiger partial charge in [-0.2, -0.15) is 0 Å². The predicted octanol–water partition coefficient (Wildman–Crippen LogP) is 4.37. The average Bonchev–Trinajstić information content (AvgIpc) is 2.52. The van der Waals surface area contributed by atoms with Crippen LogP contribution in [-0.4, -0.2) is 38.2 Å². The lowest BCUT2D eigenvalue weighted by Gasteiger charge is -2.35. The first-order valence-electron chi connectivity index (χ1n) is 8.35. The highest BCUT2D eigenvalue weighted by Crippen LogP contribution is 2.30. The second-order valence-electron chi connectivity index (χ2n) is 6.03. The fourth-order valence-corrected chi connectivity index (χ4v) is 3.25. The van der Waals surface area contributed by atoms with E-state index >= 15 is 0 Å². The number of hydrogen-bond acceptors (Lipinski definition) is 3. The highest BCUT2D eigenvalue weighted by Gasteiger charge is 2.22. The van der Waals surface area contributed by atoms with E-state index in [0.717, 1.165) is 31.9 Å². The number of halogens is 2. The lowest BCUT2D eigenvalue weighted by Crippen LogP contribution is -2.45. The van der Waals surface area contributed by atoms with Gasteiger partial charge in [-0.25, -0.2) is 0 Å². The van der Waals surface area contributed by atoms with Gasteiger partial charge in [0, 0.05) is 32.2 Å². The summed E-state index contributed by atoms with van der Waals surface area (Å²) in [6, 6.07) is 7.25. The van der Waals surface area contributed by atoms with Crippen LogP contribution >= 0.6 is 24.8 Å². The molecule has 0 spiro atoms. The molecular formula is C18H32Cl2N2O. The van der Waals surface area contributed by atoms with E-state index in [2.05, 4.69) is 42.3 Å². The molecule has 5 heteroatoms. The van der Waals surface area contributed by atoms with Crippen LogP contribution in [0.25, 0.3) is 0 Å². The smallest absolute Gasteiger partial charge is 0.121 e.